The van der Waals surface area contributed by atoms with Crippen LogP contribution in [0.4, 0.5) is 10.3 Å². The molecule has 0 radical (unpaired) electrons. The molecule has 0 unspecified atom stereocenters. The van der Waals surface area contributed by atoms with Crippen LogP contribution in [-0.2, 0) is 16.1 Å². The van der Waals surface area contributed by atoms with E-state index in [2.05, 4.69) is 9.68 Å². The third-order valence-electron chi connectivity index (χ3n) is 3.21. The Bertz CT molecular complexity index is 710. The predicted molar refractivity (Wildman–Crippen MR) is 78.8 cm³/mol. The van der Waals surface area contributed by atoms with Crippen molar-refractivity contribution < 1.29 is 23.2 Å². The van der Waals surface area contributed by atoms with Crippen molar-refractivity contribution in [2.75, 3.05) is 19.4 Å². The molecular formula is C15H16FN3O4. The Balaban J connectivity index is 1.92. The number of anilines is 1. The van der Waals surface area contributed by atoms with Crippen LogP contribution < -0.4 is 5.73 Å². The molecule has 0 saturated heterocycles. The maximum absolute atomic E-state index is 13.5. The van der Waals surface area contributed by atoms with Gasteiger partial charge in [-0.15, -0.1) is 0 Å². The average Bonchev–Trinajstić information content (AvgIpc) is 2.85. The second-order valence-corrected chi connectivity index (χ2v) is 4.92. The van der Waals surface area contributed by atoms with E-state index >= 15 is 0 Å². The number of nitrogens with zero attached hydrogens (tertiary/aromatic N) is 2. The molecule has 23 heavy (non-hydrogen) atoms. The van der Waals surface area contributed by atoms with Crippen LogP contribution in [-0.4, -0.2) is 35.6 Å². The number of nitrogens with two attached hydrogens (primary N) is 1. The number of amides is 1. The summed E-state index contributed by atoms with van der Waals surface area (Å²) in [6.07, 6.45) is 0. The topological polar surface area (TPSA) is 98.7 Å². The van der Waals surface area contributed by atoms with Gasteiger partial charge in [-0.3, -0.25) is 4.79 Å². The van der Waals surface area contributed by atoms with E-state index in [9.17, 15) is 14.0 Å². The number of ether oxygens (including phenoxy) is 1. The molecule has 2 N–H and O–H groups in total. The Morgan fingerprint density at radius 3 is 2.70 bits per heavy atom. The molecule has 7 nitrogen and oxygen atoms in total. The lowest BCUT2D eigenvalue weighted by Crippen LogP contribution is -2.31. The highest BCUT2D eigenvalue weighted by Crippen LogP contribution is 2.16. The highest BCUT2D eigenvalue weighted by atomic mass is 19.1. The highest BCUT2D eigenvalue weighted by molar-refractivity contribution is 5.96. The van der Waals surface area contributed by atoms with Gasteiger partial charge in [0.25, 0.3) is 5.91 Å². The average molecular weight is 321 g/mol. The van der Waals surface area contributed by atoms with Gasteiger partial charge in [-0.1, -0.05) is 23.4 Å². The molecule has 0 aliphatic rings. The number of rotatable bonds is 5. The van der Waals surface area contributed by atoms with E-state index in [0.717, 1.165) is 0 Å². The van der Waals surface area contributed by atoms with Gasteiger partial charge >= 0.3 is 5.97 Å². The van der Waals surface area contributed by atoms with Gasteiger partial charge in [0.2, 0.25) is 5.88 Å². The van der Waals surface area contributed by atoms with Crippen molar-refractivity contribution in [1.29, 1.82) is 0 Å². The SMILES string of the molecule is Cc1noc(N)c1C(=O)OCC(=O)N(C)Cc1ccccc1F. The summed E-state index contributed by atoms with van der Waals surface area (Å²) < 4.78 is 23.1. The maximum Gasteiger partial charge on any atom is 0.346 e. The Kier molecular flexibility index (Phi) is 4.95. The summed E-state index contributed by atoms with van der Waals surface area (Å²) in [4.78, 5) is 25.1. The van der Waals surface area contributed by atoms with Crippen molar-refractivity contribution >= 4 is 17.8 Å². The molecule has 0 spiro atoms. The summed E-state index contributed by atoms with van der Waals surface area (Å²) in [5, 5.41) is 3.53. The van der Waals surface area contributed by atoms with Crippen LogP contribution in [0.1, 0.15) is 21.6 Å². The lowest BCUT2D eigenvalue weighted by atomic mass is 10.2. The summed E-state index contributed by atoms with van der Waals surface area (Å²) >= 11 is 0. The minimum atomic E-state index is -0.797. The zero-order valence-corrected chi connectivity index (χ0v) is 12.7. The number of carbonyl (C=O) groups excluding carboxylic acids is 2. The third-order valence-corrected chi connectivity index (χ3v) is 3.21. The molecule has 0 saturated carbocycles. The quantitative estimate of drug-likeness (QED) is 0.838. The van der Waals surface area contributed by atoms with Gasteiger partial charge in [-0.05, 0) is 13.0 Å². The van der Waals surface area contributed by atoms with E-state index in [1.807, 2.05) is 0 Å². The Labute approximate surface area is 131 Å². The molecule has 1 heterocycles. The minimum Gasteiger partial charge on any atom is -0.452 e. The Morgan fingerprint density at radius 2 is 2.09 bits per heavy atom. The lowest BCUT2D eigenvalue weighted by molar-refractivity contribution is -0.133. The van der Waals surface area contributed by atoms with Gasteiger partial charge in [0.05, 0.1) is 5.69 Å². The number of halogens is 1. The van der Waals surface area contributed by atoms with Crippen molar-refractivity contribution in [2.24, 2.45) is 0 Å². The number of benzene rings is 1. The molecule has 2 rings (SSSR count). The number of esters is 1. The van der Waals surface area contributed by atoms with Gasteiger partial charge in [-0.2, -0.15) is 0 Å². The number of aryl methyl sites for hydroxylation is 1. The fourth-order valence-electron chi connectivity index (χ4n) is 1.92. The smallest absolute Gasteiger partial charge is 0.346 e. The molecule has 0 atom stereocenters. The number of carbonyl (C=O) groups is 2. The van der Waals surface area contributed by atoms with Crippen LogP contribution in [0.25, 0.3) is 0 Å². The van der Waals surface area contributed by atoms with Gasteiger partial charge in [0.15, 0.2) is 6.61 Å². The minimum absolute atomic E-state index is 0.00504. The molecule has 8 heteroatoms. The summed E-state index contributed by atoms with van der Waals surface area (Å²) in [5.41, 5.74) is 6.10. The van der Waals surface area contributed by atoms with Crippen molar-refractivity contribution in [3.8, 4) is 0 Å². The maximum atomic E-state index is 13.5. The van der Waals surface area contributed by atoms with Gasteiger partial charge in [-0.25, -0.2) is 9.18 Å². The molecule has 1 aromatic carbocycles. The first-order valence-electron chi connectivity index (χ1n) is 6.76. The van der Waals surface area contributed by atoms with Crippen LogP contribution in [0, 0.1) is 12.7 Å². The van der Waals surface area contributed by atoms with Crippen LogP contribution >= 0.6 is 0 Å². The first kappa shape index (κ1) is 16.5. The van der Waals surface area contributed by atoms with E-state index in [-0.39, 0.29) is 23.7 Å². The second kappa shape index (κ2) is 6.91. The standard InChI is InChI=1S/C15H16FN3O4/c1-9-13(14(17)23-18-9)15(21)22-8-12(20)19(2)7-10-5-3-4-6-11(10)16/h3-6H,7-8,17H2,1-2H3. The molecule has 1 aromatic heterocycles. The van der Waals surface area contributed by atoms with Gasteiger partial charge in [0.1, 0.15) is 11.4 Å². The van der Waals surface area contributed by atoms with Crippen LogP contribution in [0.2, 0.25) is 0 Å². The third kappa shape index (κ3) is 3.85. The number of hydrogen-bond donors (Lipinski definition) is 1. The van der Waals surface area contributed by atoms with Crippen LogP contribution in [0.5, 0.6) is 0 Å². The molecule has 0 fully saturated rings. The number of hydrogen-bond acceptors (Lipinski definition) is 6. The normalized spacial score (nSPS) is 10.4. The van der Waals surface area contributed by atoms with Crippen molar-refractivity contribution in [3.63, 3.8) is 0 Å². The van der Waals surface area contributed by atoms with E-state index in [4.69, 9.17) is 10.5 Å². The Morgan fingerprint density at radius 1 is 1.39 bits per heavy atom. The van der Waals surface area contributed by atoms with E-state index < -0.39 is 24.3 Å². The zero-order chi connectivity index (χ0) is 17.0. The fourth-order valence-corrected chi connectivity index (χ4v) is 1.92. The van der Waals surface area contributed by atoms with Crippen molar-refractivity contribution in [2.45, 2.75) is 13.5 Å². The second-order valence-electron chi connectivity index (χ2n) is 4.92. The van der Waals surface area contributed by atoms with Gasteiger partial charge in [0, 0.05) is 19.2 Å². The molecule has 1 amide bonds. The highest BCUT2D eigenvalue weighted by Gasteiger charge is 2.21. The monoisotopic (exact) mass is 321 g/mol. The molecule has 122 valence electrons. The summed E-state index contributed by atoms with van der Waals surface area (Å²) in [5.74, 6) is -1.85. The predicted octanol–water partition coefficient (Wildman–Crippen LogP) is 1.52. The lowest BCUT2D eigenvalue weighted by Gasteiger charge is -2.17. The number of aromatic nitrogens is 1. The van der Waals surface area contributed by atoms with Crippen LogP contribution in [0.15, 0.2) is 28.8 Å². The number of nitrogen functional groups attached to an aromatic ring is 1. The van der Waals surface area contributed by atoms with Crippen molar-refractivity contribution in [3.05, 3.63) is 46.9 Å². The molecular weight excluding hydrogens is 305 g/mol. The Hall–Kier alpha value is -2.90. The molecule has 0 aliphatic heterocycles. The van der Waals surface area contributed by atoms with E-state index in [1.54, 1.807) is 18.2 Å². The van der Waals surface area contributed by atoms with Gasteiger partial charge < -0.3 is 19.9 Å². The number of likely N-dealkylation sites (N-methyl/N-ethyl adjacent to an activating group) is 1. The zero-order valence-electron chi connectivity index (χ0n) is 12.7. The van der Waals surface area contributed by atoms with Crippen molar-refractivity contribution in [1.82, 2.24) is 10.1 Å². The summed E-state index contributed by atoms with van der Waals surface area (Å²) in [6.45, 7) is 1.11. The first-order valence-corrected chi connectivity index (χ1v) is 6.76. The van der Waals surface area contributed by atoms with Crippen LogP contribution in [0.3, 0.4) is 0 Å². The molecule has 2 aromatic rings. The van der Waals surface area contributed by atoms with E-state index in [1.165, 1.54) is 24.9 Å². The first-order chi connectivity index (χ1) is 10.9. The largest absolute Gasteiger partial charge is 0.452 e. The van der Waals surface area contributed by atoms with E-state index in [0.29, 0.717) is 5.56 Å². The molecule has 0 bridgehead atoms. The summed E-state index contributed by atoms with van der Waals surface area (Å²) in [6, 6.07) is 6.12. The fraction of sp³-hybridized carbons (Fsp3) is 0.267. The molecule has 0 aliphatic carbocycles. The summed E-state index contributed by atoms with van der Waals surface area (Å²) in [7, 11) is 1.49.